The second-order valence-electron chi connectivity index (χ2n) is 9.13. The number of benzene rings is 1. The van der Waals surface area contributed by atoms with Crippen LogP contribution >= 0.6 is 11.8 Å². The van der Waals surface area contributed by atoms with Crippen molar-refractivity contribution in [3.63, 3.8) is 0 Å². The van der Waals surface area contributed by atoms with E-state index in [1.54, 1.807) is 11.8 Å². The van der Waals surface area contributed by atoms with Crippen LogP contribution in [0.15, 0.2) is 27.6 Å². The molecule has 1 amide bonds. The van der Waals surface area contributed by atoms with Crippen molar-refractivity contribution in [2.45, 2.75) is 71.9 Å². The zero-order chi connectivity index (χ0) is 21.5. The number of furan rings is 1. The molecule has 1 aliphatic carbocycles. The highest BCUT2D eigenvalue weighted by Gasteiger charge is 2.44. The van der Waals surface area contributed by atoms with E-state index in [1.165, 1.54) is 19.3 Å². The minimum Gasteiger partial charge on any atom is -0.494 e. The van der Waals surface area contributed by atoms with Crippen molar-refractivity contribution in [3.8, 4) is 5.75 Å². The van der Waals surface area contributed by atoms with Crippen LogP contribution in [-0.2, 0) is 0 Å². The number of hydrogen-bond donors (Lipinski definition) is 0. The Morgan fingerprint density at radius 2 is 2.10 bits per heavy atom. The van der Waals surface area contributed by atoms with Gasteiger partial charge >= 0.3 is 0 Å². The van der Waals surface area contributed by atoms with Gasteiger partial charge in [0.15, 0.2) is 10.9 Å². The molecule has 1 aromatic heterocycles. The fraction of sp³-hybridized carbons (Fsp3) is 0.583. The second-order valence-corrected chi connectivity index (χ2v) is 10.1. The highest BCUT2D eigenvalue weighted by Crippen LogP contribution is 2.38. The molecule has 2 heterocycles. The van der Waals surface area contributed by atoms with E-state index in [1.807, 2.05) is 36.9 Å². The SMILES string of the molecule is CCOc1ccc2oc(C(=O)N3C(=N[C@@H]4CCCC[C@H]4C)SCC3(C)C)c(C)c2c1. The maximum absolute atomic E-state index is 13.7. The summed E-state index contributed by atoms with van der Waals surface area (Å²) >= 11 is 1.69. The summed E-state index contributed by atoms with van der Waals surface area (Å²) < 4.78 is 11.7. The highest BCUT2D eigenvalue weighted by molar-refractivity contribution is 8.14. The highest BCUT2D eigenvalue weighted by atomic mass is 32.2. The molecule has 2 atom stereocenters. The first-order chi connectivity index (χ1) is 14.3. The van der Waals surface area contributed by atoms with Crippen molar-refractivity contribution in [2.75, 3.05) is 12.4 Å². The van der Waals surface area contributed by atoms with Crippen LogP contribution in [0.5, 0.6) is 5.75 Å². The van der Waals surface area contributed by atoms with Gasteiger partial charge in [0.25, 0.3) is 5.91 Å². The molecule has 1 aromatic carbocycles. The molecule has 1 aliphatic heterocycles. The Balaban J connectivity index is 1.70. The van der Waals surface area contributed by atoms with Crippen molar-refractivity contribution in [2.24, 2.45) is 10.9 Å². The maximum Gasteiger partial charge on any atom is 0.296 e. The van der Waals surface area contributed by atoms with E-state index in [9.17, 15) is 4.79 Å². The normalized spacial score (nSPS) is 25.2. The Hall–Kier alpha value is -1.95. The lowest BCUT2D eigenvalue weighted by molar-refractivity contribution is 0.0735. The minimum absolute atomic E-state index is 0.0983. The Morgan fingerprint density at radius 3 is 2.83 bits per heavy atom. The number of aryl methyl sites for hydroxylation is 1. The largest absolute Gasteiger partial charge is 0.494 e. The average molecular weight is 429 g/mol. The third-order valence-electron chi connectivity index (χ3n) is 6.31. The molecule has 0 unspecified atom stereocenters. The summed E-state index contributed by atoms with van der Waals surface area (Å²) in [6.07, 6.45) is 4.83. The Morgan fingerprint density at radius 1 is 1.33 bits per heavy atom. The summed E-state index contributed by atoms with van der Waals surface area (Å²) in [5, 5.41) is 1.77. The molecule has 1 saturated carbocycles. The standard InChI is InChI=1S/C24H32N2O3S/c1-6-28-17-11-12-20-18(13-17)16(3)21(29-20)22(27)26-23(30-14-24(26,4)5)25-19-10-8-7-9-15(19)2/h11-13,15,19H,6-10,14H2,1-5H3/t15-,19-/m1/s1. The van der Waals surface area contributed by atoms with Crippen LogP contribution in [0, 0.1) is 12.8 Å². The van der Waals surface area contributed by atoms with Crippen LogP contribution < -0.4 is 4.74 Å². The van der Waals surface area contributed by atoms with Crippen molar-refractivity contribution in [1.82, 2.24) is 4.90 Å². The summed E-state index contributed by atoms with van der Waals surface area (Å²) in [5.41, 5.74) is 1.26. The van der Waals surface area contributed by atoms with Crippen molar-refractivity contribution < 1.29 is 13.9 Å². The number of nitrogens with zero attached hydrogens (tertiary/aromatic N) is 2. The third kappa shape index (κ3) is 3.86. The van der Waals surface area contributed by atoms with Gasteiger partial charge in [-0.05, 0) is 64.7 Å². The van der Waals surface area contributed by atoms with Gasteiger partial charge in [-0.15, -0.1) is 0 Å². The van der Waals surface area contributed by atoms with Crippen LogP contribution in [0.1, 0.15) is 69.5 Å². The lowest BCUT2D eigenvalue weighted by atomic mass is 9.86. The first-order valence-electron chi connectivity index (χ1n) is 11.0. The van der Waals surface area contributed by atoms with E-state index in [0.29, 0.717) is 29.9 Å². The molecule has 6 heteroatoms. The Labute approximate surface area is 183 Å². The molecule has 30 heavy (non-hydrogen) atoms. The van der Waals surface area contributed by atoms with Crippen LogP contribution in [-0.4, -0.2) is 39.9 Å². The van der Waals surface area contributed by atoms with Gasteiger partial charge in [0.05, 0.1) is 18.2 Å². The molecule has 162 valence electrons. The number of rotatable bonds is 4. The number of hydrogen-bond acceptors (Lipinski definition) is 5. The number of carbonyl (C=O) groups excluding carboxylic acids is 1. The zero-order valence-corrected chi connectivity index (χ0v) is 19.5. The molecule has 2 fully saturated rings. The van der Waals surface area contributed by atoms with Crippen molar-refractivity contribution >= 4 is 33.8 Å². The lowest BCUT2D eigenvalue weighted by Crippen LogP contribution is -2.47. The van der Waals surface area contributed by atoms with Gasteiger partial charge in [0.1, 0.15) is 11.3 Å². The summed E-state index contributed by atoms with van der Waals surface area (Å²) in [6.45, 7) is 11.0. The van der Waals surface area contributed by atoms with Crippen LogP contribution in [0.3, 0.4) is 0 Å². The van der Waals surface area contributed by atoms with Crippen LogP contribution in [0.25, 0.3) is 11.0 Å². The maximum atomic E-state index is 13.7. The van der Waals surface area contributed by atoms with Gasteiger partial charge in [-0.3, -0.25) is 14.7 Å². The molecule has 0 radical (unpaired) electrons. The summed E-state index contributed by atoms with van der Waals surface area (Å²) in [4.78, 5) is 20.7. The van der Waals surface area contributed by atoms with E-state index in [2.05, 4.69) is 20.8 Å². The van der Waals surface area contributed by atoms with E-state index < -0.39 is 0 Å². The predicted molar refractivity (Wildman–Crippen MR) is 124 cm³/mol. The number of amides is 1. The molecule has 0 spiro atoms. The average Bonchev–Trinajstić information content (AvgIpc) is 3.19. The molecule has 0 bridgehead atoms. The molecular weight excluding hydrogens is 396 g/mol. The Bertz CT molecular complexity index is 978. The van der Waals surface area contributed by atoms with Crippen LogP contribution in [0.2, 0.25) is 0 Å². The Kier molecular flexibility index (Phi) is 5.88. The van der Waals surface area contributed by atoms with Gasteiger partial charge in [-0.2, -0.15) is 0 Å². The third-order valence-corrected chi connectivity index (χ3v) is 7.71. The second kappa shape index (κ2) is 8.29. The fourth-order valence-corrected chi connectivity index (χ4v) is 5.76. The molecule has 5 nitrogen and oxygen atoms in total. The zero-order valence-electron chi connectivity index (χ0n) is 18.7. The molecule has 1 saturated heterocycles. The van der Waals surface area contributed by atoms with Gasteiger partial charge < -0.3 is 9.15 Å². The predicted octanol–water partition coefficient (Wildman–Crippen LogP) is 6.04. The number of fused-ring (bicyclic) bond motifs is 1. The summed E-state index contributed by atoms with van der Waals surface area (Å²) in [6, 6.07) is 6.02. The van der Waals surface area contributed by atoms with Crippen LogP contribution in [0.4, 0.5) is 0 Å². The number of carbonyl (C=O) groups is 1. The van der Waals surface area contributed by atoms with Gasteiger partial charge in [-0.25, -0.2) is 0 Å². The summed E-state index contributed by atoms with van der Waals surface area (Å²) in [5.74, 6) is 2.50. The first-order valence-corrected chi connectivity index (χ1v) is 12.0. The lowest BCUT2D eigenvalue weighted by Gasteiger charge is -2.31. The van der Waals surface area contributed by atoms with Gasteiger partial charge in [0, 0.05) is 16.7 Å². The van der Waals surface area contributed by atoms with Gasteiger partial charge in [-0.1, -0.05) is 31.5 Å². The minimum atomic E-state index is -0.305. The van der Waals surface area contributed by atoms with E-state index >= 15 is 0 Å². The smallest absolute Gasteiger partial charge is 0.296 e. The summed E-state index contributed by atoms with van der Waals surface area (Å²) in [7, 11) is 0. The van der Waals surface area contributed by atoms with E-state index in [4.69, 9.17) is 14.1 Å². The molecule has 2 aliphatic rings. The topological polar surface area (TPSA) is 55.0 Å². The van der Waals surface area contributed by atoms with Crippen molar-refractivity contribution in [1.29, 1.82) is 0 Å². The number of aliphatic imine (C=N–C) groups is 1. The number of amidine groups is 1. The first kappa shape index (κ1) is 21.3. The monoisotopic (exact) mass is 428 g/mol. The number of ether oxygens (including phenoxy) is 1. The molecule has 0 N–H and O–H groups in total. The number of thioether (sulfide) groups is 1. The molecule has 2 aromatic rings. The molecule has 4 rings (SSSR count). The van der Waals surface area contributed by atoms with E-state index in [0.717, 1.165) is 34.0 Å². The fourth-order valence-electron chi connectivity index (χ4n) is 4.48. The van der Waals surface area contributed by atoms with Crippen molar-refractivity contribution in [3.05, 3.63) is 29.5 Å². The van der Waals surface area contributed by atoms with E-state index in [-0.39, 0.29) is 11.4 Å². The quantitative estimate of drug-likeness (QED) is 0.595. The van der Waals surface area contributed by atoms with Gasteiger partial charge in [0.2, 0.25) is 0 Å². The molecular formula is C24H32N2O3S.